The van der Waals surface area contributed by atoms with Crippen LogP contribution in [-0.2, 0) is 0 Å². The van der Waals surface area contributed by atoms with Gasteiger partial charge in [0, 0.05) is 16.6 Å². The van der Waals surface area contributed by atoms with Crippen LogP contribution in [0.15, 0.2) is 48.6 Å². The SMILES string of the molecule is C=C/C=C(\C=C(\C)C(C)CC)c1[nH]c2ccc(C3CCN(CCCNC)CC3)cc2c1C(C)C. The molecule has 186 valence electrons. The number of nitrogens with one attached hydrogen (secondary N) is 2. The van der Waals surface area contributed by atoms with Crippen LogP contribution in [0.2, 0.25) is 0 Å². The van der Waals surface area contributed by atoms with Crippen LogP contribution in [-0.4, -0.2) is 43.1 Å². The molecule has 0 saturated carbocycles. The monoisotopic (exact) mass is 461 g/mol. The number of likely N-dealkylation sites (tertiary alicyclic amines) is 1. The van der Waals surface area contributed by atoms with E-state index in [4.69, 9.17) is 0 Å². The van der Waals surface area contributed by atoms with Gasteiger partial charge in [-0.25, -0.2) is 0 Å². The number of allylic oxidation sites excluding steroid dienone is 5. The van der Waals surface area contributed by atoms with Crippen molar-refractivity contribution in [2.45, 2.75) is 72.1 Å². The summed E-state index contributed by atoms with van der Waals surface area (Å²) >= 11 is 0. The summed E-state index contributed by atoms with van der Waals surface area (Å²) in [5, 5.41) is 4.66. The summed E-state index contributed by atoms with van der Waals surface area (Å²) in [4.78, 5) is 6.42. The molecular weight excluding hydrogens is 414 g/mol. The van der Waals surface area contributed by atoms with Crippen LogP contribution in [0, 0.1) is 5.92 Å². The normalized spacial score (nSPS) is 17.6. The average molecular weight is 462 g/mol. The van der Waals surface area contributed by atoms with E-state index in [9.17, 15) is 0 Å². The lowest BCUT2D eigenvalue weighted by molar-refractivity contribution is 0.210. The van der Waals surface area contributed by atoms with Crippen LogP contribution >= 0.6 is 0 Å². The minimum absolute atomic E-state index is 0.443. The lowest BCUT2D eigenvalue weighted by Gasteiger charge is -2.32. The molecule has 1 unspecified atom stereocenters. The molecule has 3 heteroatoms. The minimum atomic E-state index is 0.443. The molecule has 34 heavy (non-hydrogen) atoms. The molecule has 1 saturated heterocycles. The summed E-state index contributed by atoms with van der Waals surface area (Å²) in [6.45, 7) is 20.2. The van der Waals surface area contributed by atoms with E-state index < -0.39 is 0 Å². The molecule has 0 aliphatic carbocycles. The van der Waals surface area contributed by atoms with E-state index in [0.29, 0.717) is 17.8 Å². The number of hydrogen-bond donors (Lipinski definition) is 2. The molecular formula is C31H47N3. The molecule has 1 atom stereocenters. The highest BCUT2D eigenvalue weighted by Crippen LogP contribution is 2.37. The molecule has 0 bridgehead atoms. The standard InChI is InChI=1S/C31H47N3/c1-8-11-27(20-24(6)23(5)9-2)31-30(22(3)4)28-21-26(12-13-29(28)33-31)25-14-18-34(19-15-25)17-10-16-32-7/h8,11-13,20-23,25,32-33H,1,9-10,14-19H2,2-7H3/b24-20-,27-11+. The number of rotatable bonds is 11. The topological polar surface area (TPSA) is 31.1 Å². The van der Waals surface area contributed by atoms with Crippen molar-refractivity contribution in [3.05, 3.63) is 65.4 Å². The molecule has 2 N–H and O–H groups in total. The Morgan fingerprint density at radius 2 is 1.97 bits per heavy atom. The number of piperidine rings is 1. The highest BCUT2D eigenvalue weighted by molar-refractivity contribution is 5.92. The zero-order chi connectivity index (χ0) is 24.7. The number of benzene rings is 1. The minimum Gasteiger partial charge on any atom is -0.354 e. The largest absolute Gasteiger partial charge is 0.354 e. The Bertz CT molecular complexity index is 999. The van der Waals surface area contributed by atoms with Gasteiger partial charge in [0.15, 0.2) is 0 Å². The van der Waals surface area contributed by atoms with Crippen molar-refractivity contribution in [3.63, 3.8) is 0 Å². The molecule has 1 aromatic heterocycles. The molecule has 1 aliphatic heterocycles. The van der Waals surface area contributed by atoms with Gasteiger partial charge in [0.25, 0.3) is 0 Å². The Balaban J connectivity index is 1.91. The zero-order valence-electron chi connectivity index (χ0n) is 22.5. The van der Waals surface area contributed by atoms with E-state index in [1.165, 1.54) is 77.8 Å². The Hall–Kier alpha value is -2.10. The summed E-state index contributed by atoms with van der Waals surface area (Å²) in [6, 6.07) is 7.17. The number of aromatic amines is 1. The van der Waals surface area contributed by atoms with E-state index in [1.807, 2.05) is 13.1 Å². The van der Waals surface area contributed by atoms with E-state index >= 15 is 0 Å². The van der Waals surface area contributed by atoms with Gasteiger partial charge in [-0.05, 0) is 112 Å². The quantitative estimate of drug-likeness (QED) is 0.266. The van der Waals surface area contributed by atoms with Crippen molar-refractivity contribution in [1.29, 1.82) is 0 Å². The van der Waals surface area contributed by atoms with E-state index in [2.05, 4.69) is 86.7 Å². The van der Waals surface area contributed by atoms with Gasteiger partial charge in [0.2, 0.25) is 0 Å². The second-order valence-corrected chi connectivity index (χ2v) is 10.5. The molecule has 2 aromatic rings. The maximum atomic E-state index is 4.00. The highest BCUT2D eigenvalue weighted by Gasteiger charge is 2.23. The van der Waals surface area contributed by atoms with Gasteiger partial charge in [0.1, 0.15) is 0 Å². The van der Waals surface area contributed by atoms with Crippen LogP contribution in [0.1, 0.15) is 89.0 Å². The second kappa shape index (κ2) is 12.6. The summed E-state index contributed by atoms with van der Waals surface area (Å²) in [6.07, 6.45) is 11.4. The lowest BCUT2D eigenvalue weighted by atomic mass is 9.87. The van der Waals surface area contributed by atoms with Gasteiger partial charge in [-0.15, -0.1) is 0 Å². The fourth-order valence-corrected chi connectivity index (χ4v) is 5.32. The third-order valence-corrected chi connectivity index (χ3v) is 7.76. The molecule has 1 fully saturated rings. The van der Waals surface area contributed by atoms with Crippen molar-refractivity contribution in [3.8, 4) is 0 Å². The predicted molar refractivity (Wildman–Crippen MR) is 151 cm³/mol. The van der Waals surface area contributed by atoms with Crippen LogP contribution < -0.4 is 5.32 Å². The smallest absolute Gasteiger partial charge is 0.0499 e. The fourth-order valence-electron chi connectivity index (χ4n) is 5.32. The van der Waals surface area contributed by atoms with Gasteiger partial charge in [-0.1, -0.05) is 64.1 Å². The number of hydrogen-bond acceptors (Lipinski definition) is 2. The van der Waals surface area contributed by atoms with Gasteiger partial charge >= 0.3 is 0 Å². The molecule has 0 spiro atoms. The number of aromatic nitrogens is 1. The van der Waals surface area contributed by atoms with Gasteiger partial charge < -0.3 is 15.2 Å². The summed E-state index contributed by atoms with van der Waals surface area (Å²) in [5.41, 5.74) is 8.11. The van der Waals surface area contributed by atoms with Crippen LogP contribution in [0.4, 0.5) is 0 Å². The zero-order valence-corrected chi connectivity index (χ0v) is 22.5. The van der Waals surface area contributed by atoms with Crippen LogP contribution in [0.5, 0.6) is 0 Å². The maximum absolute atomic E-state index is 4.00. The van der Waals surface area contributed by atoms with Gasteiger partial charge in [-0.2, -0.15) is 0 Å². The van der Waals surface area contributed by atoms with Gasteiger partial charge in [0.05, 0.1) is 0 Å². The molecule has 3 nitrogen and oxygen atoms in total. The molecule has 2 heterocycles. The summed E-state index contributed by atoms with van der Waals surface area (Å²) in [5.74, 6) is 1.69. The number of H-pyrrole nitrogens is 1. The lowest BCUT2D eigenvalue weighted by Crippen LogP contribution is -2.34. The van der Waals surface area contributed by atoms with Gasteiger partial charge in [-0.3, -0.25) is 0 Å². The first-order valence-electron chi connectivity index (χ1n) is 13.4. The number of nitrogens with zero attached hydrogens (tertiary/aromatic N) is 1. The third-order valence-electron chi connectivity index (χ3n) is 7.76. The first-order valence-corrected chi connectivity index (χ1v) is 13.4. The van der Waals surface area contributed by atoms with E-state index in [1.54, 1.807) is 0 Å². The Kier molecular flexibility index (Phi) is 9.79. The van der Waals surface area contributed by atoms with E-state index in [-0.39, 0.29) is 0 Å². The second-order valence-electron chi connectivity index (χ2n) is 10.5. The highest BCUT2D eigenvalue weighted by atomic mass is 15.1. The molecule has 1 aliphatic rings. The van der Waals surface area contributed by atoms with Crippen molar-refractivity contribution in [1.82, 2.24) is 15.2 Å². The summed E-state index contributed by atoms with van der Waals surface area (Å²) < 4.78 is 0. The van der Waals surface area contributed by atoms with Crippen molar-refractivity contribution in [2.75, 3.05) is 33.2 Å². The third kappa shape index (κ3) is 6.31. The van der Waals surface area contributed by atoms with Crippen LogP contribution in [0.25, 0.3) is 16.5 Å². The predicted octanol–water partition coefficient (Wildman–Crippen LogP) is 7.64. The first kappa shape index (κ1) is 26.5. The average Bonchev–Trinajstić information content (AvgIpc) is 3.22. The molecule has 1 aromatic carbocycles. The molecule has 0 radical (unpaired) electrons. The fraction of sp³-hybridized carbons (Fsp3) is 0.548. The Morgan fingerprint density at radius 3 is 2.59 bits per heavy atom. The first-order chi connectivity index (χ1) is 16.4. The van der Waals surface area contributed by atoms with Crippen molar-refractivity contribution < 1.29 is 0 Å². The van der Waals surface area contributed by atoms with Crippen molar-refractivity contribution >= 4 is 16.5 Å². The number of fused-ring (bicyclic) bond motifs is 1. The molecule has 3 rings (SSSR count). The Morgan fingerprint density at radius 1 is 1.24 bits per heavy atom. The van der Waals surface area contributed by atoms with Crippen molar-refractivity contribution in [2.24, 2.45) is 5.92 Å². The summed E-state index contributed by atoms with van der Waals surface area (Å²) in [7, 11) is 2.04. The van der Waals surface area contributed by atoms with E-state index in [0.717, 1.165) is 13.0 Å². The maximum Gasteiger partial charge on any atom is 0.0499 e. The van der Waals surface area contributed by atoms with Crippen LogP contribution in [0.3, 0.4) is 0 Å². The Labute approximate surface area is 208 Å². The molecule has 0 amide bonds.